The van der Waals surface area contributed by atoms with Gasteiger partial charge >= 0.3 is 0 Å². The Morgan fingerprint density at radius 1 is 1.29 bits per heavy atom. The average molecular weight is 312 g/mol. The van der Waals surface area contributed by atoms with Gasteiger partial charge in [-0.25, -0.2) is 0 Å². The number of ether oxygens (including phenoxy) is 1. The van der Waals surface area contributed by atoms with Crippen molar-refractivity contribution in [3.05, 3.63) is 28.8 Å². The summed E-state index contributed by atoms with van der Waals surface area (Å²) >= 11 is 6.27. The second-order valence-corrected chi connectivity index (χ2v) is 6.74. The second kappa shape index (κ2) is 7.48. The van der Waals surface area contributed by atoms with E-state index in [1.54, 1.807) is 0 Å². The van der Waals surface area contributed by atoms with E-state index in [9.17, 15) is 5.11 Å². The van der Waals surface area contributed by atoms with Gasteiger partial charge in [0.15, 0.2) is 0 Å². The van der Waals surface area contributed by atoms with E-state index in [0.29, 0.717) is 30.0 Å². The monoisotopic (exact) mass is 311 g/mol. The highest BCUT2D eigenvalue weighted by molar-refractivity contribution is 6.32. The summed E-state index contributed by atoms with van der Waals surface area (Å²) < 4.78 is 5.92. The Labute approximate surface area is 132 Å². The van der Waals surface area contributed by atoms with Gasteiger partial charge in [-0.1, -0.05) is 56.8 Å². The van der Waals surface area contributed by atoms with E-state index in [-0.39, 0.29) is 0 Å². The van der Waals surface area contributed by atoms with Crippen LogP contribution >= 0.6 is 11.6 Å². The minimum Gasteiger partial charge on any atom is -0.489 e. The van der Waals surface area contributed by atoms with Crippen LogP contribution in [0.4, 0.5) is 0 Å². The van der Waals surface area contributed by atoms with Crippen LogP contribution in [0.25, 0.3) is 0 Å². The molecule has 1 aliphatic rings. The molecule has 118 valence electrons. The molecule has 0 atom stereocenters. The standard InChI is InChI=1S/C17H26ClNO2/c1-13(2)19-11-14-7-6-8-15(18)16(14)21-12-17(20)9-4-3-5-10-17/h6-8,13,19-20H,3-5,9-12H2,1-2H3. The molecule has 0 amide bonds. The van der Waals surface area contributed by atoms with E-state index in [2.05, 4.69) is 19.2 Å². The zero-order valence-electron chi connectivity index (χ0n) is 13.0. The lowest BCUT2D eigenvalue weighted by Gasteiger charge is -2.32. The van der Waals surface area contributed by atoms with Crippen LogP contribution < -0.4 is 10.1 Å². The molecule has 21 heavy (non-hydrogen) atoms. The highest BCUT2D eigenvalue weighted by Gasteiger charge is 2.30. The molecule has 0 aliphatic heterocycles. The molecule has 1 fully saturated rings. The summed E-state index contributed by atoms with van der Waals surface area (Å²) in [4.78, 5) is 0. The van der Waals surface area contributed by atoms with Gasteiger partial charge in [-0.3, -0.25) is 0 Å². The number of halogens is 1. The van der Waals surface area contributed by atoms with Gasteiger partial charge in [0, 0.05) is 18.2 Å². The van der Waals surface area contributed by atoms with Gasteiger partial charge in [-0.15, -0.1) is 0 Å². The first-order valence-corrected chi connectivity index (χ1v) is 8.24. The maximum absolute atomic E-state index is 10.5. The quantitative estimate of drug-likeness (QED) is 0.837. The smallest absolute Gasteiger partial charge is 0.142 e. The number of rotatable bonds is 6. The lowest BCUT2D eigenvalue weighted by Crippen LogP contribution is -2.38. The third-order valence-electron chi connectivity index (χ3n) is 4.02. The lowest BCUT2D eigenvalue weighted by atomic mass is 9.85. The van der Waals surface area contributed by atoms with E-state index in [1.807, 2.05) is 18.2 Å². The summed E-state index contributed by atoms with van der Waals surface area (Å²) in [5.41, 5.74) is 0.343. The van der Waals surface area contributed by atoms with Crippen molar-refractivity contribution in [2.75, 3.05) is 6.61 Å². The molecular weight excluding hydrogens is 286 g/mol. The van der Waals surface area contributed by atoms with Crippen molar-refractivity contribution in [2.24, 2.45) is 0 Å². The maximum atomic E-state index is 10.5. The van der Waals surface area contributed by atoms with Crippen LogP contribution in [0.5, 0.6) is 5.75 Å². The van der Waals surface area contributed by atoms with Crippen LogP contribution in [-0.4, -0.2) is 23.4 Å². The third kappa shape index (κ3) is 4.87. The van der Waals surface area contributed by atoms with Gasteiger partial charge in [0.05, 0.1) is 10.6 Å². The molecule has 1 aromatic rings. The van der Waals surface area contributed by atoms with Gasteiger partial charge in [-0.05, 0) is 18.9 Å². The predicted octanol–water partition coefficient (Wildman–Crippen LogP) is 3.91. The summed E-state index contributed by atoms with van der Waals surface area (Å²) in [6.07, 6.45) is 4.99. The first kappa shape index (κ1) is 16.6. The van der Waals surface area contributed by atoms with E-state index in [0.717, 1.165) is 31.2 Å². The topological polar surface area (TPSA) is 41.5 Å². The molecule has 1 saturated carbocycles. The molecule has 2 rings (SSSR count). The van der Waals surface area contributed by atoms with Gasteiger partial charge < -0.3 is 15.2 Å². The average Bonchev–Trinajstić information content (AvgIpc) is 2.45. The predicted molar refractivity (Wildman–Crippen MR) is 87.0 cm³/mol. The zero-order valence-corrected chi connectivity index (χ0v) is 13.7. The Balaban J connectivity index is 2.04. The Morgan fingerprint density at radius 3 is 2.67 bits per heavy atom. The highest BCUT2D eigenvalue weighted by atomic mass is 35.5. The number of para-hydroxylation sites is 1. The third-order valence-corrected chi connectivity index (χ3v) is 4.32. The molecule has 0 bridgehead atoms. The van der Waals surface area contributed by atoms with Crippen LogP contribution in [0.3, 0.4) is 0 Å². The fourth-order valence-electron chi connectivity index (χ4n) is 2.73. The van der Waals surface area contributed by atoms with Crippen LogP contribution in [0.15, 0.2) is 18.2 Å². The summed E-state index contributed by atoms with van der Waals surface area (Å²) in [6.45, 7) is 5.25. The molecule has 0 saturated heterocycles. The molecule has 0 aromatic heterocycles. The van der Waals surface area contributed by atoms with E-state index in [4.69, 9.17) is 16.3 Å². The zero-order chi connectivity index (χ0) is 15.3. The molecule has 0 unspecified atom stereocenters. The SMILES string of the molecule is CC(C)NCc1cccc(Cl)c1OCC1(O)CCCCC1. The highest BCUT2D eigenvalue weighted by Crippen LogP contribution is 2.33. The van der Waals surface area contributed by atoms with Crippen LogP contribution in [0.1, 0.15) is 51.5 Å². The van der Waals surface area contributed by atoms with E-state index < -0.39 is 5.60 Å². The fourth-order valence-corrected chi connectivity index (χ4v) is 2.98. The number of hydrogen-bond donors (Lipinski definition) is 2. The lowest BCUT2D eigenvalue weighted by molar-refractivity contribution is -0.0341. The van der Waals surface area contributed by atoms with Crippen LogP contribution in [-0.2, 0) is 6.54 Å². The second-order valence-electron chi connectivity index (χ2n) is 6.34. The molecule has 2 N–H and O–H groups in total. The van der Waals surface area contributed by atoms with Crippen LogP contribution in [0, 0.1) is 0 Å². The molecule has 1 aliphatic carbocycles. The summed E-state index contributed by atoms with van der Waals surface area (Å²) in [5, 5.41) is 14.5. The summed E-state index contributed by atoms with van der Waals surface area (Å²) in [7, 11) is 0. The number of hydrogen-bond acceptors (Lipinski definition) is 3. The van der Waals surface area contributed by atoms with Gasteiger partial charge in [-0.2, -0.15) is 0 Å². The minimum atomic E-state index is -0.694. The maximum Gasteiger partial charge on any atom is 0.142 e. The van der Waals surface area contributed by atoms with Gasteiger partial charge in [0.2, 0.25) is 0 Å². The van der Waals surface area contributed by atoms with E-state index >= 15 is 0 Å². The van der Waals surface area contributed by atoms with Crippen molar-refractivity contribution in [1.29, 1.82) is 0 Å². The van der Waals surface area contributed by atoms with E-state index in [1.165, 1.54) is 6.42 Å². The molecule has 0 heterocycles. The first-order valence-electron chi connectivity index (χ1n) is 7.86. The number of nitrogens with one attached hydrogen (secondary N) is 1. The van der Waals surface area contributed by atoms with Crippen molar-refractivity contribution in [3.63, 3.8) is 0 Å². The van der Waals surface area contributed by atoms with Gasteiger partial charge in [0.25, 0.3) is 0 Å². The fraction of sp³-hybridized carbons (Fsp3) is 0.647. The Morgan fingerprint density at radius 2 is 2.00 bits per heavy atom. The molecule has 4 heteroatoms. The largest absolute Gasteiger partial charge is 0.489 e. The first-order chi connectivity index (χ1) is 10.0. The normalized spacial score (nSPS) is 18.0. The summed E-state index contributed by atoms with van der Waals surface area (Å²) in [5.74, 6) is 0.700. The van der Waals surface area contributed by atoms with Crippen molar-refractivity contribution in [2.45, 2.75) is 64.1 Å². The van der Waals surface area contributed by atoms with Crippen molar-refractivity contribution in [3.8, 4) is 5.75 Å². The Hall–Kier alpha value is -0.770. The number of aliphatic hydroxyl groups is 1. The summed E-state index contributed by atoms with van der Waals surface area (Å²) in [6, 6.07) is 6.18. The van der Waals surface area contributed by atoms with Crippen LogP contribution in [0.2, 0.25) is 5.02 Å². The molecule has 0 radical (unpaired) electrons. The Bertz CT molecular complexity index is 456. The Kier molecular flexibility index (Phi) is 5.91. The minimum absolute atomic E-state index is 0.325. The molecule has 0 spiro atoms. The molecule has 1 aromatic carbocycles. The van der Waals surface area contributed by atoms with Crippen molar-refractivity contribution < 1.29 is 9.84 Å². The molecular formula is C17H26ClNO2. The number of benzene rings is 1. The van der Waals surface area contributed by atoms with Crippen molar-refractivity contribution >= 4 is 11.6 Å². The van der Waals surface area contributed by atoms with Crippen molar-refractivity contribution in [1.82, 2.24) is 5.32 Å². The van der Waals surface area contributed by atoms with Gasteiger partial charge in [0.1, 0.15) is 12.4 Å². The molecule has 3 nitrogen and oxygen atoms in total.